The molecule has 14 heavy (non-hydrogen) atoms. The molecule has 79 valence electrons. The molecule has 0 aromatic heterocycles. The van der Waals surface area contributed by atoms with Crippen LogP contribution in [0, 0.1) is 24.2 Å². The van der Waals surface area contributed by atoms with Crippen molar-refractivity contribution in [3.05, 3.63) is 19.1 Å². The fraction of sp³-hybridized carbons (Fsp3) is 0.692. The van der Waals surface area contributed by atoms with E-state index >= 15 is 0 Å². The van der Waals surface area contributed by atoms with Gasteiger partial charge in [-0.3, -0.25) is 0 Å². The predicted molar refractivity (Wildman–Crippen MR) is 61.6 cm³/mol. The maximum Gasteiger partial charge on any atom is 0.0655 e. The molecule has 1 radical (unpaired) electrons. The Morgan fingerprint density at radius 2 is 2.00 bits per heavy atom. The smallest absolute Gasteiger partial charge is 0.0655 e. The van der Waals surface area contributed by atoms with Crippen LogP contribution in [0.4, 0.5) is 0 Å². The van der Waals surface area contributed by atoms with E-state index in [0.717, 1.165) is 19.3 Å². The molecule has 1 unspecified atom stereocenters. The van der Waals surface area contributed by atoms with Gasteiger partial charge in [0.1, 0.15) is 0 Å². The lowest BCUT2D eigenvalue weighted by atomic mass is 9.99. The highest BCUT2D eigenvalue weighted by molar-refractivity contribution is 4.83. The standard InChI is InChI=1S/C13H22N/c1-3-5-6-7-8-9-10-11-13(4-2)12-14/h3,5,13H,1,4,6-11H2,2H3. The highest BCUT2D eigenvalue weighted by Gasteiger charge is 2.02. The van der Waals surface area contributed by atoms with Crippen molar-refractivity contribution in [3.8, 4) is 6.07 Å². The fourth-order valence-electron chi connectivity index (χ4n) is 1.48. The topological polar surface area (TPSA) is 23.8 Å². The highest BCUT2D eigenvalue weighted by atomic mass is 14.3. The van der Waals surface area contributed by atoms with Crippen molar-refractivity contribution in [1.82, 2.24) is 0 Å². The number of rotatable bonds is 8. The second-order valence-electron chi connectivity index (χ2n) is 3.70. The molecule has 0 N–H and O–H groups in total. The van der Waals surface area contributed by atoms with Crippen LogP contribution in [-0.2, 0) is 0 Å². The number of nitrogens with zero attached hydrogens (tertiary/aromatic N) is 1. The summed E-state index contributed by atoms with van der Waals surface area (Å²) < 4.78 is 0. The Morgan fingerprint density at radius 3 is 2.57 bits per heavy atom. The Bertz CT molecular complexity index is 176. The minimum Gasteiger partial charge on any atom is -0.198 e. The molecule has 0 aliphatic heterocycles. The number of allylic oxidation sites excluding steroid dienone is 2. The van der Waals surface area contributed by atoms with E-state index < -0.39 is 0 Å². The van der Waals surface area contributed by atoms with E-state index in [-0.39, 0.29) is 5.92 Å². The zero-order valence-corrected chi connectivity index (χ0v) is 9.34. The van der Waals surface area contributed by atoms with Gasteiger partial charge in [-0.15, -0.1) is 0 Å². The molecule has 0 aliphatic carbocycles. The zero-order valence-electron chi connectivity index (χ0n) is 9.34. The summed E-state index contributed by atoms with van der Waals surface area (Å²) in [7, 11) is 0. The molecular weight excluding hydrogens is 170 g/mol. The number of hydrogen-bond donors (Lipinski definition) is 0. The summed E-state index contributed by atoms with van der Waals surface area (Å²) in [6, 6.07) is 2.34. The summed E-state index contributed by atoms with van der Waals surface area (Å²) in [5.74, 6) is 0.287. The Morgan fingerprint density at radius 1 is 1.29 bits per heavy atom. The maximum absolute atomic E-state index is 8.73. The first-order valence-corrected chi connectivity index (χ1v) is 5.69. The van der Waals surface area contributed by atoms with Crippen LogP contribution in [0.2, 0.25) is 0 Å². The third-order valence-corrected chi connectivity index (χ3v) is 2.52. The average Bonchev–Trinajstić information content (AvgIpc) is 2.22. The van der Waals surface area contributed by atoms with Crippen LogP contribution in [0.5, 0.6) is 0 Å². The van der Waals surface area contributed by atoms with Crippen LogP contribution >= 0.6 is 0 Å². The number of hydrogen-bond acceptors (Lipinski definition) is 1. The van der Waals surface area contributed by atoms with Crippen molar-refractivity contribution in [2.24, 2.45) is 5.92 Å². The van der Waals surface area contributed by atoms with Gasteiger partial charge in [-0.25, -0.2) is 0 Å². The molecule has 0 fully saturated rings. The van der Waals surface area contributed by atoms with Gasteiger partial charge in [0.25, 0.3) is 0 Å². The zero-order chi connectivity index (χ0) is 10.6. The van der Waals surface area contributed by atoms with E-state index in [1.54, 1.807) is 0 Å². The van der Waals surface area contributed by atoms with E-state index in [2.05, 4.69) is 26.0 Å². The van der Waals surface area contributed by atoms with E-state index in [9.17, 15) is 0 Å². The van der Waals surface area contributed by atoms with Gasteiger partial charge in [-0.05, 0) is 32.6 Å². The predicted octanol–water partition coefficient (Wildman–Crippen LogP) is 4.27. The molecule has 0 amide bonds. The normalized spacial score (nSPS) is 12.9. The maximum atomic E-state index is 8.73. The third-order valence-electron chi connectivity index (χ3n) is 2.52. The Hall–Kier alpha value is -0.770. The molecule has 0 spiro atoms. The monoisotopic (exact) mass is 192 g/mol. The first kappa shape index (κ1) is 13.2. The van der Waals surface area contributed by atoms with Crippen molar-refractivity contribution in [2.75, 3.05) is 0 Å². The lowest BCUT2D eigenvalue weighted by Crippen LogP contribution is -1.94. The summed E-state index contributed by atoms with van der Waals surface area (Å²) in [4.78, 5) is 0. The summed E-state index contributed by atoms with van der Waals surface area (Å²) in [6.45, 7) is 5.74. The molecule has 0 saturated heterocycles. The van der Waals surface area contributed by atoms with Crippen LogP contribution < -0.4 is 0 Å². The van der Waals surface area contributed by atoms with Crippen LogP contribution in [-0.4, -0.2) is 0 Å². The first-order chi connectivity index (χ1) is 6.85. The van der Waals surface area contributed by atoms with E-state index in [1.807, 2.05) is 6.08 Å². The molecule has 0 bridgehead atoms. The van der Waals surface area contributed by atoms with Gasteiger partial charge in [-0.2, -0.15) is 5.26 Å². The van der Waals surface area contributed by atoms with Crippen molar-refractivity contribution >= 4 is 0 Å². The molecular formula is C13H22N. The molecule has 1 atom stereocenters. The molecule has 0 aromatic rings. The lowest BCUT2D eigenvalue weighted by molar-refractivity contribution is 0.523. The van der Waals surface area contributed by atoms with Gasteiger partial charge >= 0.3 is 0 Å². The lowest BCUT2D eigenvalue weighted by Gasteiger charge is -2.04. The highest BCUT2D eigenvalue weighted by Crippen LogP contribution is 2.13. The summed E-state index contributed by atoms with van der Waals surface area (Å²) >= 11 is 0. The third kappa shape index (κ3) is 7.86. The summed E-state index contributed by atoms with van der Waals surface area (Å²) in [5, 5.41) is 8.73. The van der Waals surface area contributed by atoms with Crippen molar-refractivity contribution in [1.29, 1.82) is 5.26 Å². The van der Waals surface area contributed by atoms with Gasteiger partial charge in [0.05, 0.1) is 6.07 Å². The van der Waals surface area contributed by atoms with Crippen molar-refractivity contribution < 1.29 is 0 Å². The molecule has 0 rings (SSSR count). The van der Waals surface area contributed by atoms with E-state index in [1.165, 1.54) is 25.7 Å². The molecule has 0 aliphatic rings. The van der Waals surface area contributed by atoms with Gasteiger partial charge in [0, 0.05) is 5.92 Å². The Kier molecular flexibility index (Phi) is 9.74. The fourth-order valence-corrected chi connectivity index (χ4v) is 1.48. The molecule has 1 heteroatoms. The number of nitriles is 1. The quantitative estimate of drug-likeness (QED) is 0.527. The van der Waals surface area contributed by atoms with Crippen molar-refractivity contribution in [3.63, 3.8) is 0 Å². The van der Waals surface area contributed by atoms with Gasteiger partial charge in [-0.1, -0.05) is 38.3 Å². The minimum atomic E-state index is 0.287. The number of unbranched alkanes of at least 4 members (excludes halogenated alkanes) is 4. The molecule has 1 nitrogen and oxygen atoms in total. The SMILES string of the molecule is [CH2]C=CCCCCCCC(C#N)CC. The second-order valence-corrected chi connectivity index (χ2v) is 3.70. The summed E-state index contributed by atoms with van der Waals surface area (Å²) in [5.41, 5.74) is 0. The van der Waals surface area contributed by atoms with Crippen molar-refractivity contribution in [2.45, 2.75) is 51.9 Å². The van der Waals surface area contributed by atoms with Crippen LogP contribution in [0.15, 0.2) is 12.2 Å². The summed E-state index contributed by atoms with van der Waals surface area (Å²) in [6.07, 6.45) is 12.2. The Labute approximate surface area is 88.8 Å². The van der Waals surface area contributed by atoms with Crippen LogP contribution in [0.25, 0.3) is 0 Å². The van der Waals surface area contributed by atoms with E-state index in [4.69, 9.17) is 5.26 Å². The van der Waals surface area contributed by atoms with Gasteiger partial charge < -0.3 is 0 Å². The molecule has 0 aromatic carbocycles. The van der Waals surface area contributed by atoms with E-state index in [0.29, 0.717) is 0 Å². The van der Waals surface area contributed by atoms with Gasteiger partial charge in [0.2, 0.25) is 0 Å². The Balaban J connectivity index is 3.17. The van der Waals surface area contributed by atoms with Crippen LogP contribution in [0.3, 0.4) is 0 Å². The van der Waals surface area contributed by atoms with Crippen LogP contribution in [0.1, 0.15) is 51.9 Å². The van der Waals surface area contributed by atoms with Gasteiger partial charge in [0.15, 0.2) is 0 Å². The average molecular weight is 192 g/mol. The molecule has 0 saturated carbocycles. The largest absolute Gasteiger partial charge is 0.198 e. The first-order valence-electron chi connectivity index (χ1n) is 5.69. The minimum absolute atomic E-state index is 0.287. The molecule has 0 heterocycles. The second kappa shape index (κ2) is 10.3.